The lowest BCUT2D eigenvalue weighted by Crippen LogP contribution is -2.14. The fourth-order valence-electron chi connectivity index (χ4n) is 2.53. The number of nitrogens with zero attached hydrogens (tertiary/aromatic N) is 4. The Morgan fingerprint density at radius 3 is 2.38 bits per heavy atom. The Balaban J connectivity index is 1.83. The monoisotopic (exact) mass is 353 g/mol. The number of nitrogens with one attached hydrogen (secondary N) is 1. The molecule has 0 radical (unpaired) electrons. The molecule has 1 N–H and O–H groups in total. The van der Waals surface area contributed by atoms with Crippen LogP contribution < -0.4 is 5.32 Å². The number of halogens is 1. The van der Waals surface area contributed by atoms with Gasteiger partial charge in [0.1, 0.15) is 11.5 Å². The van der Waals surface area contributed by atoms with Crippen LogP contribution in [0.3, 0.4) is 0 Å². The second kappa shape index (κ2) is 6.67. The van der Waals surface area contributed by atoms with Crippen molar-refractivity contribution in [2.24, 2.45) is 0 Å². The highest BCUT2D eigenvalue weighted by Crippen LogP contribution is 2.23. The van der Waals surface area contributed by atoms with E-state index in [-0.39, 0.29) is 17.0 Å². The van der Waals surface area contributed by atoms with Gasteiger partial charge in [0.25, 0.3) is 5.91 Å². The molecule has 0 aliphatic carbocycles. The summed E-state index contributed by atoms with van der Waals surface area (Å²) in [5.74, 6) is -0.297. The summed E-state index contributed by atoms with van der Waals surface area (Å²) in [6.45, 7) is 8.01. The van der Waals surface area contributed by atoms with E-state index in [4.69, 9.17) is 0 Å². The molecule has 6 nitrogen and oxygen atoms in total. The topological polar surface area (TPSA) is 72.7 Å². The number of tetrazole rings is 1. The lowest BCUT2D eigenvalue weighted by Gasteiger charge is -2.19. The molecule has 3 rings (SSSR count). The van der Waals surface area contributed by atoms with Crippen molar-refractivity contribution in [2.75, 3.05) is 5.32 Å². The van der Waals surface area contributed by atoms with E-state index < -0.39 is 5.82 Å². The average Bonchev–Trinajstić information content (AvgIpc) is 3.02. The van der Waals surface area contributed by atoms with Gasteiger partial charge in [-0.3, -0.25) is 4.79 Å². The van der Waals surface area contributed by atoms with Gasteiger partial charge in [-0.15, -0.1) is 5.10 Å². The second-order valence-electron chi connectivity index (χ2n) is 7.09. The van der Waals surface area contributed by atoms with Gasteiger partial charge in [-0.05, 0) is 58.7 Å². The molecular formula is C19H20FN5O. The number of carbonyl (C=O) groups excluding carboxylic acids is 1. The molecule has 2 aromatic carbocycles. The van der Waals surface area contributed by atoms with Crippen molar-refractivity contribution in [1.82, 2.24) is 20.2 Å². The lowest BCUT2D eigenvalue weighted by atomic mass is 9.87. The molecule has 0 spiro atoms. The van der Waals surface area contributed by atoms with Gasteiger partial charge in [0.15, 0.2) is 5.82 Å². The Kier molecular flexibility index (Phi) is 4.54. The van der Waals surface area contributed by atoms with E-state index in [1.54, 1.807) is 19.1 Å². The molecule has 26 heavy (non-hydrogen) atoms. The SMILES string of the molecule is Cc1nnnn1-c1cc(NC(=O)c2ccc(C(C)(C)C)cc2)ccc1F. The van der Waals surface area contributed by atoms with E-state index in [1.807, 2.05) is 12.1 Å². The van der Waals surface area contributed by atoms with Crippen LogP contribution in [0.2, 0.25) is 0 Å². The van der Waals surface area contributed by atoms with E-state index in [1.165, 1.54) is 22.9 Å². The Bertz CT molecular complexity index is 941. The van der Waals surface area contributed by atoms with Gasteiger partial charge < -0.3 is 5.32 Å². The summed E-state index contributed by atoms with van der Waals surface area (Å²) in [4.78, 5) is 12.5. The molecule has 0 saturated carbocycles. The van der Waals surface area contributed by atoms with Crippen LogP contribution >= 0.6 is 0 Å². The summed E-state index contributed by atoms with van der Waals surface area (Å²) in [6, 6.07) is 11.7. The number of amides is 1. The molecule has 0 bridgehead atoms. The first-order chi connectivity index (χ1) is 12.3. The third-order valence-electron chi connectivity index (χ3n) is 4.07. The van der Waals surface area contributed by atoms with Gasteiger partial charge in [0.05, 0.1) is 0 Å². The minimum atomic E-state index is -0.479. The molecule has 1 amide bonds. The van der Waals surface area contributed by atoms with Gasteiger partial charge in [0.2, 0.25) is 0 Å². The Hall–Kier alpha value is -3.09. The van der Waals surface area contributed by atoms with Gasteiger partial charge in [-0.1, -0.05) is 32.9 Å². The van der Waals surface area contributed by atoms with Crippen LogP contribution in [-0.2, 0) is 5.41 Å². The Morgan fingerprint density at radius 2 is 1.81 bits per heavy atom. The largest absolute Gasteiger partial charge is 0.322 e. The highest BCUT2D eigenvalue weighted by atomic mass is 19.1. The number of hydrogen-bond donors (Lipinski definition) is 1. The summed E-state index contributed by atoms with van der Waals surface area (Å²) in [5.41, 5.74) is 2.33. The summed E-state index contributed by atoms with van der Waals surface area (Å²) in [7, 11) is 0. The molecule has 0 aliphatic heterocycles. The third-order valence-corrected chi connectivity index (χ3v) is 4.07. The zero-order valence-corrected chi connectivity index (χ0v) is 15.1. The standard InChI is InChI=1S/C19H20FN5O/c1-12-22-23-24-25(12)17-11-15(9-10-16(17)20)21-18(26)13-5-7-14(8-6-13)19(2,3)4/h5-11H,1-4H3,(H,21,26). The van der Waals surface area contributed by atoms with Gasteiger partial charge in [-0.2, -0.15) is 4.68 Å². The maximum Gasteiger partial charge on any atom is 0.255 e. The van der Waals surface area contributed by atoms with E-state index in [9.17, 15) is 9.18 Å². The first-order valence-electron chi connectivity index (χ1n) is 8.22. The fraction of sp³-hybridized carbons (Fsp3) is 0.263. The molecule has 0 unspecified atom stereocenters. The van der Waals surface area contributed by atoms with Crippen molar-refractivity contribution in [3.8, 4) is 5.69 Å². The fourth-order valence-corrected chi connectivity index (χ4v) is 2.53. The van der Waals surface area contributed by atoms with Gasteiger partial charge in [0, 0.05) is 11.3 Å². The van der Waals surface area contributed by atoms with Crippen molar-refractivity contribution in [3.05, 3.63) is 65.2 Å². The van der Waals surface area contributed by atoms with Crippen LogP contribution in [0, 0.1) is 12.7 Å². The number of hydrogen-bond acceptors (Lipinski definition) is 4. The maximum atomic E-state index is 14.1. The van der Waals surface area contributed by atoms with Crippen LogP contribution in [0.1, 0.15) is 42.5 Å². The highest BCUT2D eigenvalue weighted by Gasteiger charge is 2.15. The first kappa shape index (κ1) is 17.7. The van der Waals surface area contributed by atoms with Crippen LogP contribution in [0.15, 0.2) is 42.5 Å². The minimum absolute atomic E-state index is 0.0184. The summed E-state index contributed by atoms with van der Waals surface area (Å²) in [6.07, 6.45) is 0. The molecule has 1 aromatic heterocycles. The van der Waals surface area contributed by atoms with Crippen LogP contribution in [0.25, 0.3) is 5.69 Å². The van der Waals surface area contributed by atoms with Crippen molar-refractivity contribution in [2.45, 2.75) is 33.1 Å². The number of aryl methyl sites for hydroxylation is 1. The number of carbonyl (C=O) groups is 1. The van der Waals surface area contributed by atoms with Crippen molar-refractivity contribution >= 4 is 11.6 Å². The molecule has 134 valence electrons. The normalized spacial score (nSPS) is 11.4. The molecule has 7 heteroatoms. The van der Waals surface area contributed by atoms with Gasteiger partial charge in [-0.25, -0.2) is 4.39 Å². The molecule has 0 fully saturated rings. The van der Waals surface area contributed by atoms with E-state index in [0.717, 1.165) is 5.56 Å². The van der Waals surface area contributed by atoms with Gasteiger partial charge >= 0.3 is 0 Å². The Morgan fingerprint density at radius 1 is 1.12 bits per heavy atom. The first-order valence-corrected chi connectivity index (χ1v) is 8.22. The number of rotatable bonds is 3. The smallest absolute Gasteiger partial charge is 0.255 e. The molecule has 0 atom stereocenters. The average molecular weight is 353 g/mol. The Labute approximate surface area is 151 Å². The lowest BCUT2D eigenvalue weighted by molar-refractivity contribution is 0.102. The zero-order valence-electron chi connectivity index (χ0n) is 15.1. The summed E-state index contributed by atoms with van der Waals surface area (Å²) in [5, 5.41) is 13.8. The van der Waals surface area contributed by atoms with Crippen molar-refractivity contribution in [3.63, 3.8) is 0 Å². The number of anilines is 1. The maximum absolute atomic E-state index is 14.1. The van der Waals surface area contributed by atoms with E-state index in [0.29, 0.717) is 17.1 Å². The van der Waals surface area contributed by atoms with E-state index >= 15 is 0 Å². The molecule has 1 heterocycles. The molecular weight excluding hydrogens is 333 g/mol. The second-order valence-corrected chi connectivity index (χ2v) is 7.09. The van der Waals surface area contributed by atoms with Crippen LogP contribution in [0.5, 0.6) is 0 Å². The quantitative estimate of drug-likeness (QED) is 0.780. The summed E-state index contributed by atoms with van der Waals surface area (Å²) >= 11 is 0. The molecule has 3 aromatic rings. The van der Waals surface area contributed by atoms with Crippen molar-refractivity contribution in [1.29, 1.82) is 0 Å². The predicted molar refractivity (Wildman–Crippen MR) is 96.9 cm³/mol. The van der Waals surface area contributed by atoms with Crippen LogP contribution in [-0.4, -0.2) is 26.1 Å². The molecule has 0 saturated heterocycles. The zero-order chi connectivity index (χ0) is 18.9. The third kappa shape index (κ3) is 3.61. The summed E-state index contributed by atoms with van der Waals surface area (Å²) < 4.78 is 15.4. The van der Waals surface area contributed by atoms with Crippen LogP contribution in [0.4, 0.5) is 10.1 Å². The highest BCUT2D eigenvalue weighted by molar-refractivity contribution is 6.04. The predicted octanol–water partition coefficient (Wildman–Crippen LogP) is 3.66. The number of aromatic nitrogens is 4. The number of benzene rings is 2. The van der Waals surface area contributed by atoms with E-state index in [2.05, 4.69) is 41.6 Å². The van der Waals surface area contributed by atoms with Crippen molar-refractivity contribution < 1.29 is 9.18 Å². The minimum Gasteiger partial charge on any atom is -0.322 e. The molecule has 0 aliphatic rings.